The van der Waals surface area contributed by atoms with E-state index < -0.39 is 0 Å². The summed E-state index contributed by atoms with van der Waals surface area (Å²) in [5.41, 5.74) is 6.46. The lowest BCUT2D eigenvalue weighted by Crippen LogP contribution is -2.35. The van der Waals surface area contributed by atoms with Crippen LogP contribution in [0, 0.1) is 5.92 Å². The zero-order chi connectivity index (χ0) is 9.42. The number of rotatable bonds is 1. The second kappa shape index (κ2) is 3.00. The van der Waals surface area contributed by atoms with Crippen LogP contribution in [0.1, 0.15) is 29.5 Å². The van der Waals surface area contributed by atoms with Crippen LogP contribution in [0.3, 0.4) is 0 Å². The fourth-order valence-corrected chi connectivity index (χ4v) is 1.87. The van der Waals surface area contributed by atoms with E-state index in [2.05, 4.69) is 0 Å². The third kappa shape index (κ3) is 1.29. The highest BCUT2D eigenvalue weighted by Gasteiger charge is 2.31. The predicted octanol–water partition coefficient (Wildman–Crippen LogP) is 1.37. The molecule has 3 heteroatoms. The van der Waals surface area contributed by atoms with Gasteiger partial charge in [-0.25, -0.2) is 0 Å². The maximum atomic E-state index is 11.8. The van der Waals surface area contributed by atoms with Crippen molar-refractivity contribution < 1.29 is 9.21 Å². The maximum absolute atomic E-state index is 11.8. The van der Waals surface area contributed by atoms with Gasteiger partial charge in [-0.2, -0.15) is 0 Å². The summed E-state index contributed by atoms with van der Waals surface area (Å²) in [6.45, 7) is 1.88. The van der Waals surface area contributed by atoms with Gasteiger partial charge in [0.25, 0.3) is 0 Å². The third-order valence-corrected chi connectivity index (χ3v) is 2.66. The van der Waals surface area contributed by atoms with Gasteiger partial charge in [0.2, 0.25) is 0 Å². The van der Waals surface area contributed by atoms with Crippen LogP contribution in [0.2, 0.25) is 0 Å². The van der Waals surface area contributed by atoms with Gasteiger partial charge in [-0.15, -0.1) is 0 Å². The molecule has 0 spiro atoms. The molecule has 2 atom stereocenters. The van der Waals surface area contributed by atoms with Crippen molar-refractivity contribution in [3.05, 3.63) is 23.7 Å². The molecular formula is C10H13NO2. The average molecular weight is 179 g/mol. The van der Waals surface area contributed by atoms with Crippen LogP contribution < -0.4 is 5.73 Å². The Hall–Kier alpha value is -1.09. The van der Waals surface area contributed by atoms with Crippen molar-refractivity contribution in [2.45, 2.75) is 25.8 Å². The Morgan fingerprint density at radius 2 is 2.46 bits per heavy atom. The van der Waals surface area contributed by atoms with Crippen LogP contribution in [0.5, 0.6) is 0 Å². The monoisotopic (exact) mass is 179 g/mol. The summed E-state index contributed by atoms with van der Waals surface area (Å²) in [6, 6.07) is 1.68. The molecule has 3 nitrogen and oxygen atoms in total. The van der Waals surface area contributed by atoms with E-state index in [0.29, 0.717) is 0 Å². The molecule has 0 amide bonds. The molecule has 0 saturated carbocycles. The SMILES string of the molecule is CC(N)C1CCc2occc2C1=O. The number of aryl methyl sites for hydroxylation is 1. The van der Waals surface area contributed by atoms with Gasteiger partial charge in [-0.3, -0.25) is 4.79 Å². The molecule has 1 heterocycles. The Morgan fingerprint density at radius 1 is 1.69 bits per heavy atom. The van der Waals surface area contributed by atoms with Gasteiger partial charge in [0.1, 0.15) is 5.76 Å². The van der Waals surface area contributed by atoms with Gasteiger partial charge in [-0.1, -0.05) is 0 Å². The fourth-order valence-electron chi connectivity index (χ4n) is 1.87. The number of fused-ring (bicyclic) bond motifs is 1. The van der Waals surface area contributed by atoms with Crippen molar-refractivity contribution in [3.8, 4) is 0 Å². The van der Waals surface area contributed by atoms with Gasteiger partial charge in [0, 0.05) is 18.4 Å². The van der Waals surface area contributed by atoms with Crippen LogP contribution in [-0.4, -0.2) is 11.8 Å². The van der Waals surface area contributed by atoms with E-state index in [1.54, 1.807) is 12.3 Å². The van der Waals surface area contributed by atoms with E-state index in [1.165, 1.54) is 0 Å². The number of carbonyl (C=O) groups excluding carboxylic acids is 1. The molecule has 0 aliphatic heterocycles. The zero-order valence-corrected chi connectivity index (χ0v) is 7.62. The number of nitrogens with two attached hydrogens (primary N) is 1. The quantitative estimate of drug-likeness (QED) is 0.708. The standard InChI is InChI=1S/C10H13NO2/c1-6(11)7-2-3-9-8(10(7)12)4-5-13-9/h4-7H,2-3,11H2,1H3. The highest BCUT2D eigenvalue weighted by Crippen LogP contribution is 2.27. The van der Waals surface area contributed by atoms with E-state index in [4.69, 9.17) is 10.2 Å². The van der Waals surface area contributed by atoms with Crippen molar-refractivity contribution in [3.63, 3.8) is 0 Å². The Bertz CT molecular complexity index is 327. The fraction of sp³-hybridized carbons (Fsp3) is 0.500. The molecule has 70 valence electrons. The summed E-state index contributed by atoms with van der Waals surface area (Å²) in [5, 5.41) is 0. The molecule has 0 radical (unpaired) electrons. The van der Waals surface area contributed by atoms with Gasteiger partial charge in [0.05, 0.1) is 11.8 Å². The minimum atomic E-state index is -0.0597. The minimum Gasteiger partial charge on any atom is -0.469 e. The average Bonchev–Trinajstić information content (AvgIpc) is 2.52. The van der Waals surface area contributed by atoms with Crippen LogP contribution in [0.15, 0.2) is 16.7 Å². The number of furan rings is 1. The topological polar surface area (TPSA) is 56.2 Å². The lowest BCUT2D eigenvalue weighted by Gasteiger charge is -2.22. The van der Waals surface area contributed by atoms with Crippen LogP contribution in [0.4, 0.5) is 0 Å². The molecule has 0 fully saturated rings. The number of Topliss-reactive ketones (excluding diaryl/α,β-unsaturated/α-hetero) is 1. The van der Waals surface area contributed by atoms with Gasteiger partial charge < -0.3 is 10.2 Å². The van der Waals surface area contributed by atoms with Crippen molar-refractivity contribution in [2.75, 3.05) is 0 Å². The zero-order valence-electron chi connectivity index (χ0n) is 7.62. The number of hydrogen-bond donors (Lipinski definition) is 1. The van der Waals surface area contributed by atoms with Crippen LogP contribution in [0.25, 0.3) is 0 Å². The molecule has 1 aromatic rings. The molecule has 1 aliphatic rings. The van der Waals surface area contributed by atoms with Gasteiger partial charge in [0.15, 0.2) is 5.78 Å². The number of carbonyl (C=O) groups is 1. The van der Waals surface area contributed by atoms with Crippen LogP contribution in [-0.2, 0) is 6.42 Å². The lowest BCUT2D eigenvalue weighted by molar-refractivity contribution is 0.0881. The first kappa shape index (κ1) is 8.51. The molecule has 2 unspecified atom stereocenters. The van der Waals surface area contributed by atoms with Crippen molar-refractivity contribution >= 4 is 5.78 Å². The molecule has 2 rings (SSSR count). The van der Waals surface area contributed by atoms with Crippen LogP contribution >= 0.6 is 0 Å². The first-order valence-corrected chi connectivity index (χ1v) is 4.56. The predicted molar refractivity (Wildman–Crippen MR) is 48.5 cm³/mol. The van der Waals surface area contributed by atoms with Crippen molar-refractivity contribution in [1.82, 2.24) is 0 Å². The smallest absolute Gasteiger partial charge is 0.171 e. The first-order chi connectivity index (χ1) is 6.20. The normalized spacial score (nSPS) is 24.2. The Balaban J connectivity index is 2.32. The highest BCUT2D eigenvalue weighted by atomic mass is 16.3. The molecule has 0 aromatic carbocycles. The Morgan fingerprint density at radius 3 is 3.15 bits per heavy atom. The molecule has 1 aliphatic carbocycles. The lowest BCUT2D eigenvalue weighted by atomic mass is 9.83. The second-order valence-corrected chi connectivity index (χ2v) is 3.63. The number of hydrogen-bond acceptors (Lipinski definition) is 3. The molecule has 0 saturated heterocycles. The van der Waals surface area contributed by atoms with E-state index in [-0.39, 0.29) is 17.7 Å². The Labute approximate surface area is 76.9 Å². The molecule has 1 aromatic heterocycles. The summed E-state index contributed by atoms with van der Waals surface area (Å²) in [7, 11) is 0. The first-order valence-electron chi connectivity index (χ1n) is 4.56. The highest BCUT2D eigenvalue weighted by molar-refractivity contribution is 6.00. The maximum Gasteiger partial charge on any atom is 0.171 e. The Kier molecular flexibility index (Phi) is 1.96. The minimum absolute atomic E-state index is 0.0231. The summed E-state index contributed by atoms with van der Waals surface area (Å²) >= 11 is 0. The number of ketones is 1. The van der Waals surface area contributed by atoms with E-state index in [9.17, 15) is 4.79 Å². The van der Waals surface area contributed by atoms with Gasteiger partial charge in [-0.05, 0) is 19.4 Å². The van der Waals surface area contributed by atoms with Crippen molar-refractivity contribution in [2.24, 2.45) is 11.7 Å². The molecule has 13 heavy (non-hydrogen) atoms. The van der Waals surface area contributed by atoms with Gasteiger partial charge >= 0.3 is 0 Å². The molecular weight excluding hydrogens is 166 g/mol. The summed E-state index contributed by atoms with van der Waals surface area (Å²) < 4.78 is 5.19. The molecule has 0 bridgehead atoms. The van der Waals surface area contributed by atoms with E-state index in [0.717, 1.165) is 24.2 Å². The van der Waals surface area contributed by atoms with E-state index >= 15 is 0 Å². The molecule has 2 N–H and O–H groups in total. The summed E-state index contributed by atoms with van der Waals surface area (Å²) in [5.74, 6) is 0.942. The second-order valence-electron chi connectivity index (χ2n) is 3.63. The van der Waals surface area contributed by atoms with Crippen molar-refractivity contribution in [1.29, 1.82) is 0 Å². The summed E-state index contributed by atoms with van der Waals surface area (Å²) in [6.07, 6.45) is 3.23. The summed E-state index contributed by atoms with van der Waals surface area (Å²) in [4.78, 5) is 11.8. The third-order valence-electron chi connectivity index (χ3n) is 2.66. The largest absolute Gasteiger partial charge is 0.469 e. The van der Waals surface area contributed by atoms with E-state index in [1.807, 2.05) is 6.92 Å².